The van der Waals surface area contributed by atoms with Gasteiger partial charge in [-0.2, -0.15) is 0 Å². The van der Waals surface area contributed by atoms with Crippen LogP contribution in [0.2, 0.25) is 0 Å². The van der Waals surface area contributed by atoms with Gasteiger partial charge in [0.15, 0.2) is 0 Å². The normalized spacial score (nSPS) is 15.4. The fourth-order valence-electron chi connectivity index (χ4n) is 2.53. The van der Waals surface area contributed by atoms with Crippen LogP contribution in [0.5, 0.6) is 5.75 Å². The molecule has 1 N–H and O–H groups in total. The maximum atomic E-state index is 12.1. The van der Waals surface area contributed by atoms with E-state index in [0.29, 0.717) is 19.4 Å². The van der Waals surface area contributed by atoms with E-state index in [-0.39, 0.29) is 11.8 Å². The van der Waals surface area contributed by atoms with Crippen molar-refractivity contribution in [3.05, 3.63) is 30.3 Å². The zero-order chi connectivity index (χ0) is 15.8. The lowest BCUT2D eigenvalue weighted by molar-refractivity contribution is -0.135. The minimum Gasteiger partial charge on any atom is -0.494 e. The molecule has 0 radical (unpaired) electrons. The smallest absolute Gasteiger partial charge is 0.244 e. The van der Waals surface area contributed by atoms with Crippen LogP contribution in [0.1, 0.15) is 32.6 Å². The number of para-hydroxylation sites is 1. The van der Waals surface area contributed by atoms with Gasteiger partial charge < -0.3 is 15.0 Å². The van der Waals surface area contributed by atoms with Crippen molar-refractivity contribution < 1.29 is 14.3 Å². The van der Waals surface area contributed by atoms with Crippen molar-refractivity contribution in [2.75, 3.05) is 19.7 Å². The van der Waals surface area contributed by atoms with Crippen LogP contribution in [0.15, 0.2) is 30.3 Å². The summed E-state index contributed by atoms with van der Waals surface area (Å²) in [5.41, 5.74) is 0. The van der Waals surface area contributed by atoms with Gasteiger partial charge in [0.25, 0.3) is 0 Å². The summed E-state index contributed by atoms with van der Waals surface area (Å²) in [7, 11) is 0. The predicted octanol–water partition coefficient (Wildman–Crippen LogP) is 1.97. The molecule has 120 valence electrons. The van der Waals surface area contributed by atoms with Gasteiger partial charge in [-0.15, -0.1) is 0 Å². The Labute approximate surface area is 131 Å². The zero-order valence-electron chi connectivity index (χ0n) is 13.1. The summed E-state index contributed by atoms with van der Waals surface area (Å²) in [4.78, 5) is 25.8. The SMILES string of the molecule is C[C@H](NC(=O)CCCOc1ccccc1)C(=O)N1CCCC1. The van der Waals surface area contributed by atoms with Crippen LogP contribution >= 0.6 is 0 Å². The molecular weight excluding hydrogens is 280 g/mol. The summed E-state index contributed by atoms with van der Waals surface area (Å²) in [6.45, 7) is 3.86. The molecule has 1 aromatic rings. The van der Waals surface area contributed by atoms with E-state index in [0.717, 1.165) is 31.7 Å². The first-order valence-corrected chi connectivity index (χ1v) is 7.93. The van der Waals surface area contributed by atoms with Crippen LogP contribution in [0.4, 0.5) is 0 Å². The summed E-state index contributed by atoms with van der Waals surface area (Å²) in [5.74, 6) is 0.726. The zero-order valence-corrected chi connectivity index (χ0v) is 13.1. The number of benzene rings is 1. The number of likely N-dealkylation sites (tertiary alicyclic amines) is 1. The summed E-state index contributed by atoms with van der Waals surface area (Å²) < 4.78 is 5.53. The molecule has 1 aliphatic heterocycles. The van der Waals surface area contributed by atoms with Crippen molar-refractivity contribution in [2.24, 2.45) is 0 Å². The third-order valence-corrected chi connectivity index (χ3v) is 3.73. The van der Waals surface area contributed by atoms with Gasteiger partial charge in [0.1, 0.15) is 11.8 Å². The fourth-order valence-corrected chi connectivity index (χ4v) is 2.53. The minimum absolute atomic E-state index is 0.0198. The number of hydrogen-bond donors (Lipinski definition) is 1. The van der Waals surface area contributed by atoms with E-state index in [1.807, 2.05) is 35.2 Å². The second kappa shape index (κ2) is 8.41. The third kappa shape index (κ3) is 5.06. The molecule has 5 heteroatoms. The molecule has 0 aromatic heterocycles. The molecule has 0 bridgehead atoms. The summed E-state index contributed by atoms with van der Waals surface area (Å²) in [6, 6.07) is 9.08. The maximum absolute atomic E-state index is 12.1. The van der Waals surface area contributed by atoms with Crippen LogP contribution in [0, 0.1) is 0 Å². The number of nitrogens with one attached hydrogen (secondary N) is 1. The van der Waals surface area contributed by atoms with E-state index in [4.69, 9.17) is 4.74 Å². The van der Waals surface area contributed by atoms with E-state index < -0.39 is 6.04 Å². The van der Waals surface area contributed by atoms with Crippen LogP contribution in [-0.2, 0) is 9.59 Å². The molecule has 1 aromatic carbocycles. The summed E-state index contributed by atoms with van der Waals surface area (Å²) in [5, 5.41) is 2.77. The lowest BCUT2D eigenvalue weighted by atomic mass is 10.2. The Morgan fingerprint density at radius 1 is 1.23 bits per heavy atom. The highest BCUT2D eigenvalue weighted by molar-refractivity contribution is 5.87. The van der Waals surface area contributed by atoms with E-state index in [2.05, 4.69) is 5.32 Å². The Kier molecular flexibility index (Phi) is 6.25. The van der Waals surface area contributed by atoms with Gasteiger partial charge in [-0.05, 0) is 38.3 Å². The van der Waals surface area contributed by atoms with Crippen LogP contribution in [0.25, 0.3) is 0 Å². The van der Waals surface area contributed by atoms with Crippen molar-refractivity contribution in [2.45, 2.75) is 38.6 Å². The molecule has 1 aliphatic rings. The molecule has 5 nitrogen and oxygen atoms in total. The van der Waals surface area contributed by atoms with E-state index in [1.54, 1.807) is 6.92 Å². The number of hydrogen-bond acceptors (Lipinski definition) is 3. The molecular formula is C17H24N2O3. The largest absolute Gasteiger partial charge is 0.494 e. The first-order chi connectivity index (χ1) is 10.7. The highest BCUT2D eigenvalue weighted by atomic mass is 16.5. The molecule has 1 heterocycles. The van der Waals surface area contributed by atoms with Crippen molar-refractivity contribution in [3.8, 4) is 5.75 Å². The first-order valence-electron chi connectivity index (χ1n) is 7.93. The number of ether oxygens (including phenoxy) is 1. The average molecular weight is 304 g/mol. The number of nitrogens with zero attached hydrogens (tertiary/aromatic N) is 1. The van der Waals surface area contributed by atoms with Crippen LogP contribution < -0.4 is 10.1 Å². The summed E-state index contributed by atoms with van der Waals surface area (Å²) in [6.07, 6.45) is 3.11. The third-order valence-electron chi connectivity index (χ3n) is 3.73. The topological polar surface area (TPSA) is 58.6 Å². The average Bonchev–Trinajstić information content (AvgIpc) is 3.06. The second-order valence-electron chi connectivity index (χ2n) is 5.59. The number of carbonyl (C=O) groups is 2. The second-order valence-corrected chi connectivity index (χ2v) is 5.59. The molecule has 2 rings (SSSR count). The minimum atomic E-state index is -0.444. The number of amides is 2. The van der Waals surface area contributed by atoms with Crippen molar-refractivity contribution in [1.29, 1.82) is 0 Å². The molecule has 22 heavy (non-hydrogen) atoms. The lowest BCUT2D eigenvalue weighted by Crippen LogP contribution is -2.45. The number of rotatable bonds is 7. The van der Waals surface area contributed by atoms with Gasteiger partial charge in [-0.3, -0.25) is 9.59 Å². The Morgan fingerprint density at radius 2 is 1.91 bits per heavy atom. The van der Waals surface area contributed by atoms with Gasteiger partial charge in [0.05, 0.1) is 6.61 Å². The van der Waals surface area contributed by atoms with Gasteiger partial charge in [0, 0.05) is 19.5 Å². The maximum Gasteiger partial charge on any atom is 0.244 e. The van der Waals surface area contributed by atoms with Gasteiger partial charge in [-0.25, -0.2) is 0 Å². The molecule has 0 saturated carbocycles. The molecule has 0 spiro atoms. The van der Waals surface area contributed by atoms with Gasteiger partial charge >= 0.3 is 0 Å². The van der Waals surface area contributed by atoms with Crippen molar-refractivity contribution >= 4 is 11.8 Å². The molecule has 0 unspecified atom stereocenters. The number of carbonyl (C=O) groups excluding carboxylic acids is 2. The van der Waals surface area contributed by atoms with Gasteiger partial charge in [0.2, 0.25) is 11.8 Å². The quantitative estimate of drug-likeness (QED) is 0.784. The van der Waals surface area contributed by atoms with Crippen molar-refractivity contribution in [1.82, 2.24) is 10.2 Å². The van der Waals surface area contributed by atoms with E-state index in [9.17, 15) is 9.59 Å². The Bertz CT molecular complexity index is 484. The Balaban J connectivity index is 1.61. The molecule has 0 aliphatic carbocycles. The predicted molar refractivity (Wildman–Crippen MR) is 84.6 cm³/mol. The van der Waals surface area contributed by atoms with Gasteiger partial charge in [-0.1, -0.05) is 18.2 Å². The van der Waals surface area contributed by atoms with E-state index >= 15 is 0 Å². The Morgan fingerprint density at radius 3 is 2.59 bits per heavy atom. The van der Waals surface area contributed by atoms with Crippen molar-refractivity contribution in [3.63, 3.8) is 0 Å². The fraction of sp³-hybridized carbons (Fsp3) is 0.529. The van der Waals surface area contributed by atoms with E-state index in [1.165, 1.54) is 0 Å². The van der Waals surface area contributed by atoms with Crippen LogP contribution in [-0.4, -0.2) is 42.5 Å². The highest BCUT2D eigenvalue weighted by Gasteiger charge is 2.23. The lowest BCUT2D eigenvalue weighted by Gasteiger charge is -2.21. The molecule has 1 fully saturated rings. The summed E-state index contributed by atoms with van der Waals surface area (Å²) >= 11 is 0. The first kappa shape index (κ1) is 16.3. The molecule has 1 saturated heterocycles. The van der Waals surface area contributed by atoms with Crippen LogP contribution in [0.3, 0.4) is 0 Å². The monoisotopic (exact) mass is 304 g/mol. The molecule has 2 amide bonds. The Hall–Kier alpha value is -2.04. The molecule has 1 atom stereocenters. The highest BCUT2D eigenvalue weighted by Crippen LogP contribution is 2.10. The standard InChI is InChI=1S/C17H24N2O3/c1-14(17(21)19-11-5-6-12-19)18-16(20)10-7-13-22-15-8-3-2-4-9-15/h2-4,8-9,14H,5-7,10-13H2,1H3,(H,18,20)/t14-/m0/s1.